The molecule has 0 spiro atoms. The first-order chi connectivity index (χ1) is 14.6. The summed E-state index contributed by atoms with van der Waals surface area (Å²) in [5, 5.41) is 4.25. The number of carbonyl (C=O) groups is 1. The second-order valence-electron chi connectivity index (χ2n) is 7.02. The van der Waals surface area contributed by atoms with Gasteiger partial charge in [0.2, 0.25) is 5.91 Å². The fourth-order valence-corrected chi connectivity index (χ4v) is 5.87. The van der Waals surface area contributed by atoms with Crippen LogP contribution in [0.15, 0.2) is 40.9 Å². The molecule has 1 aliphatic carbocycles. The average Bonchev–Trinajstić information content (AvgIpc) is 2.92. The van der Waals surface area contributed by atoms with Crippen LogP contribution in [0, 0.1) is 0 Å². The van der Waals surface area contributed by atoms with Crippen molar-refractivity contribution >= 4 is 56.5 Å². The van der Waals surface area contributed by atoms with E-state index in [2.05, 4.69) is 16.9 Å². The molecule has 156 valence electrons. The predicted molar refractivity (Wildman–Crippen MR) is 124 cm³/mol. The minimum absolute atomic E-state index is 0.0440. The third-order valence-electron chi connectivity index (χ3n) is 4.97. The van der Waals surface area contributed by atoms with Crippen molar-refractivity contribution in [3.05, 3.63) is 56.9 Å². The molecule has 6 nitrogen and oxygen atoms in total. The molecule has 0 unspecified atom stereocenters. The highest BCUT2D eigenvalue weighted by Gasteiger charge is 2.21. The van der Waals surface area contributed by atoms with Crippen molar-refractivity contribution in [2.45, 2.75) is 43.8 Å². The molecule has 0 aromatic carbocycles. The molecule has 4 rings (SSSR count). The minimum atomic E-state index is -0.239. The summed E-state index contributed by atoms with van der Waals surface area (Å²) in [6, 6.07) is 3.39. The highest BCUT2D eigenvalue weighted by molar-refractivity contribution is 7.99. The van der Waals surface area contributed by atoms with E-state index in [9.17, 15) is 9.59 Å². The summed E-state index contributed by atoms with van der Waals surface area (Å²) in [4.78, 5) is 36.5. The Labute approximate surface area is 187 Å². The standard InChI is InChI=1S/C21H21ClN4O2S2/c1-2-11-26-20(28)17-13-7-4-3-5-9-15(13)30-19(17)25-21(26)29-12-16(27)24-14-8-6-10-23-18(14)22/h2,6,8,10H,1,3-5,7,9,11-12H2,(H,24,27). The van der Waals surface area contributed by atoms with Gasteiger partial charge in [0.05, 0.1) is 16.8 Å². The Bertz CT molecular complexity index is 1170. The van der Waals surface area contributed by atoms with Gasteiger partial charge in [-0.25, -0.2) is 9.97 Å². The normalized spacial score (nSPS) is 13.6. The third-order valence-corrected chi connectivity index (χ3v) is 7.43. The van der Waals surface area contributed by atoms with Crippen molar-refractivity contribution in [3.63, 3.8) is 0 Å². The highest BCUT2D eigenvalue weighted by Crippen LogP contribution is 2.34. The Kier molecular flexibility index (Phi) is 6.55. The summed E-state index contributed by atoms with van der Waals surface area (Å²) in [6.07, 6.45) is 8.63. The van der Waals surface area contributed by atoms with Crippen LogP contribution in [0.25, 0.3) is 10.2 Å². The van der Waals surface area contributed by atoms with Gasteiger partial charge >= 0.3 is 0 Å². The lowest BCUT2D eigenvalue weighted by atomic mass is 10.1. The zero-order valence-electron chi connectivity index (χ0n) is 16.3. The monoisotopic (exact) mass is 460 g/mol. The van der Waals surface area contributed by atoms with E-state index in [1.165, 1.54) is 28.6 Å². The van der Waals surface area contributed by atoms with Gasteiger partial charge in [0, 0.05) is 17.6 Å². The number of carbonyl (C=O) groups excluding carboxylic acids is 1. The van der Waals surface area contributed by atoms with Gasteiger partial charge < -0.3 is 5.32 Å². The van der Waals surface area contributed by atoms with Gasteiger partial charge in [-0.15, -0.1) is 17.9 Å². The number of halogens is 1. The second kappa shape index (κ2) is 9.32. The maximum atomic E-state index is 13.3. The van der Waals surface area contributed by atoms with Crippen LogP contribution in [0.5, 0.6) is 0 Å². The number of aryl methyl sites for hydroxylation is 2. The smallest absolute Gasteiger partial charge is 0.263 e. The van der Waals surface area contributed by atoms with E-state index >= 15 is 0 Å². The van der Waals surface area contributed by atoms with Crippen LogP contribution >= 0.6 is 34.7 Å². The van der Waals surface area contributed by atoms with Gasteiger partial charge in [0.25, 0.3) is 5.56 Å². The molecule has 9 heteroatoms. The highest BCUT2D eigenvalue weighted by atomic mass is 35.5. The summed E-state index contributed by atoms with van der Waals surface area (Å²) >= 11 is 8.85. The molecule has 1 amide bonds. The van der Waals surface area contributed by atoms with Crippen molar-refractivity contribution in [1.29, 1.82) is 0 Å². The molecule has 0 fully saturated rings. The number of thiophene rings is 1. The molecule has 30 heavy (non-hydrogen) atoms. The van der Waals surface area contributed by atoms with Crippen molar-refractivity contribution in [2.75, 3.05) is 11.1 Å². The summed E-state index contributed by atoms with van der Waals surface area (Å²) in [6.45, 7) is 4.13. The number of nitrogens with one attached hydrogen (secondary N) is 1. The van der Waals surface area contributed by atoms with E-state index in [0.29, 0.717) is 17.4 Å². The molecule has 3 aromatic rings. The van der Waals surface area contributed by atoms with Crippen LogP contribution < -0.4 is 10.9 Å². The molecule has 0 atom stereocenters. The SMILES string of the molecule is C=CCn1c(SCC(=O)Nc2cccnc2Cl)nc2sc3c(c2c1=O)CCCCC3. The number of pyridine rings is 1. The van der Waals surface area contributed by atoms with Crippen LogP contribution in [-0.4, -0.2) is 26.2 Å². The van der Waals surface area contributed by atoms with Crippen LogP contribution in [-0.2, 0) is 24.2 Å². The molecule has 3 aromatic heterocycles. The Morgan fingerprint density at radius 3 is 3.00 bits per heavy atom. The number of amides is 1. The van der Waals surface area contributed by atoms with Crippen molar-refractivity contribution in [2.24, 2.45) is 0 Å². The second-order valence-corrected chi connectivity index (χ2v) is 9.41. The van der Waals surface area contributed by atoms with Crippen LogP contribution in [0.4, 0.5) is 5.69 Å². The third kappa shape index (κ3) is 4.31. The first-order valence-corrected chi connectivity index (χ1v) is 12.0. The van der Waals surface area contributed by atoms with Crippen LogP contribution in [0.1, 0.15) is 29.7 Å². The number of thioether (sulfide) groups is 1. The number of hydrogen-bond acceptors (Lipinski definition) is 6. The van der Waals surface area contributed by atoms with Crippen molar-refractivity contribution < 1.29 is 4.79 Å². The number of allylic oxidation sites excluding steroid dienone is 1. The zero-order valence-corrected chi connectivity index (χ0v) is 18.7. The predicted octanol–water partition coefficient (Wildman–Crippen LogP) is 4.69. The lowest BCUT2D eigenvalue weighted by Gasteiger charge is -2.11. The maximum Gasteiger partial charge on any atom is 0.263 e. The van der Waals surface area contributed by atoms with E-state index in [-0.39, 0.29) is 22.4 Å². The van der Waals surface area contributed by atoms with Crippen LogP contribution in [0.2, 0.25) is 5.15 Å². The number of rotatable bonds is 6. The lowest BCUT2D eigenvalue weighted by molar-refractivity contribution is -0.113. The first-order valence-electron chi connectivity index (χ1n) is 9.77. The zero-order chi connectivity index (χ0) is 21.1. The van der Waals surface area contributed by atoms with Crippen LogP contribution in [0.3, 0.4) is 0 Å². The molecule has 1 N–H and O–H groups in total. The number of fused-ring (bicyclic) bond motifs is 3. The summed E-state index contributed by atoms with van der Waals surface area (Å²) in [7, 11) is 0. The molecule has 0 radical (unpaired) electrons. The average molecular weight is 461 g/mol. The molecular weight excluding hydrogens is 440 g/mol. The number of anilines is 1. The van der Waals surface area contributed by atoms with Gasteiger partial charge in [0.1, 0.15) is 4.83 Å². The summed E-state index contributed by atoms with van der Waals surface area (Å²) in [5.41, 5.74) is 1.58. The molecule has 0 saturated heterocycles. The number of hydrogen-bond donors (Lipinski definition) is 1. The summed E-state index contributed by atoms with van der Waals surface area (Å²) < 4.78 is 1.61. The van der Waals surface area contributed by atoms with Gasteiger partial charge in [-0.1, -0.05) is 35.9 Å². The first kappa shape index (κ1) is 21.1. The number of aromatic nitrogens is 3. The Morgan fingerprint density at radius 1 is 1.37 bits per heavy atom. The van der Waals surface area contributed by atoms with Crippen molar-refractivity contribution in [1.82, 2.24) is 14.5 Å². The summed E-state index contributed by atoms with van der Waals surface area (Å²) in [5.74, 6) is -0.137. The van der Waals surface area contributed by atoms with E-state index in [1.807, 2.05) is 0 Å². The molecule has 3 heterocycles. The van der Waals surface area contributed by atoms with Crippen molar-refractivity contribution in [3.8, 4) is 0 Å². The van der Waals surface area contributed by atoms with Gasteiger partial charge in [-0.2, -0.15) is 0 Å². The maximum absolute atomic E-state index is 13.3. The van der Waals surface area contributed by atoms with Gasteiger partial charge in [0.15, 0.2) is 10.3 Å². The Morgan fingerprint density at radius 2 is 2.20 bits per heavy atom. The fraction of sp³-hybridized carbons (Fsp3) is 0.333. The van der Waals surface area contributed by atoms with Gasteiger partial charge in [-0.05, 0) is 43.4 Å². The van der Waals surface area contributed by atoms with E-state index in [4.69, 9.17) is 16.6 Å². The molecule has 0 saturated carbocycles. The molecule has 0 bridgehead atoms. The number of nitrogens with zero attached hydrogens (tertiary/aromatic N) is 3. The molecule has 1 aliphatic rings. The Hall–Kier alpha value is -2.16. The van der Waals surface area contributed by atoms with E-state index < -0.39 is 0 Å². The van der Waals surface area contributed by atoms with E-state index in [0.717, 1.165) is 35.9 Å². The van der Waals surface area contributed by atoms with Gasteiger partial charge in [-0.3, -0.25) is 14.2 Å². The quantitative estimate of drug-likeness (QED) is 0.190. The lowest BCUT2D eigenvalue weighted by Crippen LogP contribution is -2.24. The molecule has 0 aliphatic heterocycles. The topological polar surface area (TPSA) is 76.9 Å². The minimum Gasteiger partial charge on any atom is -0.323 e. The molecular formula is C21H21ClN4O2S2. The Balaban J connectivity index is 1.62. The van der Waals surface area contributed by atoms with E-state index in [1.54, 1.807) is 40.3 Å². The largest absolute Gasteiger partial charge is 0.323 e. The fourth-order valence-electron chi connectivity index (χ4n) is 3.59.